The number of carbonyl (C=O) groups is 17. The third-order valence-electron chi connectivity index (χ3n) is 22.6. The Hall–Kier alpha value is -12.8. The van der Waals surface area contributed by atoms with Crippen molar-refractivity contribution >= 4 is 134 Å². The average Bonchev–Trinajstić information content (AvgIpc) is 1.07. The van der Waals surface area contributed by atoms with Gasteiger partial charge in [-0.2, -0.15) is 0 Å². The maximum atomic E-state index is 15.6. The van der Waals surface area contributed by atoms with E-state index >= 15 is 19.2 Å². The van der Waals surface area contributed by atoms with E-state index in [9.17, 15) is 67.4 Å². The quantitative estimate of drug-likeness (QED) is 0.0310. The van der Waals surface area contributed by atoms with Crippen molar-refractivity contribution in [1.29, 1.82) is 0 Å². The number of nitrogens with two attached hydrogens (primary N) is 3. The summed E-state index contributed by atoms with van der Waals surface area (Å²) in [6.45, 7) is 5.78. The molecule has 2 aliphatic heterocycles. The van der Waals surface area contributed by atoms with Crippen molar-refractivity contribution in [3.8, 4) is 0 Å². The highest BCUT2D eigenvalue weighted by Crippen LogP contribution is 2.26. The minimum atomic E-state index is -1.84. The molecule has 8 rings (SSSR count). The zero-order valence-corrected chi connectivity index (χ0v) is 74.5. The fourth-order valence-corrected chi connectivity index (χ4v) is 16.3. The number of primary amides is 2. The Balaban J connectivity index is 1.16. The first-order valence-corrected chi connectivity index (χ1v) is 44.1. The predicted octanol–water partition coefficient (Wildman–Crippen LogP) is -2.05. The van der Waals surface area contributed by atoms with E-state index in [-0.39, 0.29) is 89.0 Å². The number of aromatic nitrogens is 4. The van der Waals surface area contributed by atoms with Crippen LogP contribution in [-0.4, -0.2) is 301 Å². The lowest BCUT2D eigenvalue weighted by molar-refractivity contribution is -0.149. The minimum absolute atomic E-state index is 0.0201. The van der Waals surface area contributed by atoms with Gasteiger partial charge in [-0.1, -0.05) is 120 Å². The molecule has 0 unspecified atom stereocenters. The van der Waals surface area contributed by atoms with Gasteiger partial charge in [-0.05, 0) is 86.7 Å². The summed E-state index contributed by atoms with van der Waals surface area (Å²) < 4.78 is 0. The number of amides is 17. The fourth-order valence-electron chi connectivity index (χ4n) is 15.4. The van der Waals surface area contributed by atoms with E-state index < -0.39 is 211 Å². The van der Waals surface area contributed by atoms with Crippen LogP contribution < -0.4 is 70.4 Å². The largest absolute Gasteiger partial charge is 0.394 e. The number of rotatable bonds is 24. The van der Waals surface area contributed by atoms with Crippen molar-refractivity contribution < 1.29 is 86.6 Å². The molecule has 694 valence electrons. The number of nitrogens with zero attached hydrogens (tertiary/aromatic N) is 6. The monoisotopic (exact) mass is 1790 g/mol. The number of hydrogen-bond donors (Lipinski definition) is 17. The third kappa shape index (κ3) is 28.4. The Morgan fingerprint density at radius 2 is 1.07 bits per heavy atom. The molecule has 13 atom stereocenters. The average molecular weight is 1800 g/mol. The number of carbonyl (C=O) groups excluding carboxylic acids is 17. The summed E-state index contributed by atoms with van der Waals surface area (Å²) in [5.74, 6) is -16.5. The second-order valence-electron chi connectivity index (χ2n) is 32.7. The van der Waals surface area contributed by atoms with Crippen molar-refractivity contribution in [1.82, 2.24) is 97.6 Å². The van der Waals surface area contributed by atoms with E-state index in [4.69, 9.17) is 17.2 Å². The minimum Gasteiger partial charge on any atom is -0.394 e. The number of aromatic amines is 3. The van der Waals surface area contributed by atoms with E-state index in [0.717, 1.165) is 36.3 Å². The van der Waals surface area contributed by atoms with Gasteiger partial charge >= 0.3 is 0 Å². The molecule has 0 saturated carbocycles. The molecule has 0 bridgehead atoms. The topological polar surface area (TPSA) is 585 Å². The molecule has 2 fully saturated rings. The number of imidazole rings is 1. The summed E-state index contributed by atoms with van der Waals surface area (Å²) in [5.41, 5.74) is 20.5. The number of thioether (sulfide) groups is 1. The van der Waals surface area contributed by atoms with Gasteiger partial charge in [0.05, 0.1) is 38.2 Å². The zero-order valence-electron chi connectivity index (χ0n) is 73.7. The van der Waals surface area contributed by atoms with E-state index in [1.807, 2.05) is 13.8 Å². The highest BCUT2D eigenvalue weighted by Gasteiger charge is 2.44. The molecule has 40 nitrogen and oxygen atoms in total. The molecule has 2 saturated heterocycles. The summed E-state index contributed by atoms with van der Waals surface area (Å²) in [6, 6.07) is 3.18. The molecular weight excluding hydrogens is 1670 g/mol. The van der Waals surface area contributed by atoms with Crippen molar-refractivity contribution in [2.75, 3.05) is 72.5 Å². The molecule has 5 heterocycles. The standard InChI is InChI=1S/C87H122N22O18S/c1-10-12-28-68-81(121)98-59(31-32-88)77(117)104-67(76(116)94-43-72(90)112)46-128-47-74(114)97-63(35-51-22-15-14-16-23-51)84(124)106(7)50(5)75(115)100-65(39-71(89)111)86(126)109-33-21-30-69(109)82(122)99-61(38-54-42-91-48-95-54)79(119)101-62(34-49(3)4)83(123)105(6)44-73(113)96-60(36-52-40-92-57-26-19-17-24-55(52)57)78(118)103-66(45-110)80(120)102-64(37-53-41-93-58-27-20-18-25-56(53)58)85(125)108(9)70(29-13-11-2)87(127)107(68)8/h14-20,22-27,40-42,48-50,59-70,92-93,110H,10-13,21,28-39,43-47,88H2,1-9H3,(H2,89,111)(H2,90,112)(H,91,95)(H,94,116)(H,96,113)(H,97,114)(H,98,121)(H,99,122)(H,100,115)(H,101,119)(H,102,120)(H,103,118)(H,104,117)/t50-,59-,60-,61-,62-,63-,64-,65-,66-,67-,68-,69-,70-/m0/s1. The van der Waals surface area contributed by atoms with Crippen LogP contribution in [0.5, 0.6) is 0 Å². The predicted molar refractivity (Wildman–Crippen MR) is 474 cm³/mol. The van der Waals surface area contributed by atoms with Crippen molar-refractivity contribution in [3.05, 3.63) is 126 Å². The zero-order chi connectivity index (χ0) is 93.6. The molecule has 20 N–H and O–H groups in total. The van der Waals surface area contributed by atoms with E-state index in [2.05, 4.69) is 73.1 Å². The first kappa shape index (κ1) is 101. The number of fused-ring (bicyclic) bond motifs is 3. The van der Waals surface area contributed by atoms with Crippen molar-refractivity contribution in [2.24, 2.45) is 23.1 Å². The number of aliphatic hydroxyl groups is 1. The summed E-state index contributed by atoms with van der Waals surface area (Å²) in [6.07, 6.45) is 6.11. The Kier molecular flexibility index (Phi) is 38.4. The molecule has 128 heavy (non-hydrogen) atoms. The molecule has 3 aromatic heterocycles. The van der Waals surface area contributed by atoms with Crippen LogP contribution in [0.15, 0.2) is 104 Å². The lowest BCUT2D eigenvalue weighted by atomic mass is 10.00. The second kappa shape index (κ2) is 48.8. The Labute approximate surface area is 745 Å². The second-order valence-corrected chi connectivity index (χ2v) is 33.8. The number of benzene rings is 3. The lowest BCUT2D eigenvalue weighted by Crippen LogP contribution is -2.61. The van der Waals surface area contributed by atoms with E-state index in [1.54, 1.807) is 105 Å². The summed E-state index contributed by atoms with van der Waals surface area (Å²) >= 11 is 0.807. The summed E-state index contributed by atoms with van der Waals surface area (Å²) in [7, 11) is 5.27. The van der Waals surface area contributed by atoms with Gasteiger partial charge in [-0.15, -0.1) is 11.8 Å². The van der Waals surface area contributed by atoms with Crippen LogP contribution >= 0.6 is 11.8 Å². The Morgan fingerprint density at radius 3 is 1.66 bits per heavy atom. The lowest BCUT2D eigenvalue weighted by Gasteiger charge is -2.36. The Morgan fingerprint density at radius 1 is 0.539 bits per heavy atom. The van der Waals surface area contributed by atoms with Crippen LogP contribution in [0.1, 0.15) is 128 Å². The van der Waals surface area contributed by atoms with E-state index in [1.165, 1.54) is 47.6 Å². The smallest absolute Gasteiger partial charge is 0.246 e. The number of unbranched alkanes of at least 4 members (excludes halogenated alkanes) is 2. The molecular formula is C87H122N22O18S. The van der Waals surface area contributed by atoms with Crippen LogP contribution in [0.2, 0.25) is 0 Å². The van der Waals surface area contributed by atoms with Gasteiger partial charge in [0, 0.05) is 112 Å². The maximum Gasteiger partial charge on any atom is 0.246 e. The van der Waals surface area contributed by atoms with Gasteiger partial charge in [0.2, 0.25) is 100 Å². The van der Waals surface area contributed by atoms with Gasteiger partial charge in [-0.3, -0.25) is 81.5 Å². The van der Waals surface area contributed by atoms with Crippen LogP contribution in [-0.2, 0) is 107 Å². The normalized spacial score (nSPS) is 23.9. The molecule has 17 amide bonds. The van der Waals surface area contributed by atoms with Gasteiger partial charge in [0.25, 0.3) is 0 Å². The molecule has 6 aromatic rings. The molecule has 41 heteroatoms. The number of hydrogen-bond acceptors (Lipinski definition) is 21. The van der Waals surface area contributed by atoms with Gasteiger partial charge in [0.15, 0.2) is 0 Å². The van der Waals surface area contributed by atoms with Crippen LogP contribution in [0.25, 0.3) is 21.8 Å². The first-order chi connectivity index (χ1) is 61.1. The van der Waals surface area contributed by atoms with Crippen molar-refractivity contribution in [3.63, 3.8) is 0 Å². The first-order valence-electron chi connectivity index (χ1n) is 43.0. The Bertz CT molecular complexity index is 4890. The van der Waals surface area contributed by atoms with E-state index in [0.29, 0.717) is 69.9 Å². The molecule has 0 spiro atoms. The SMILES string of the molecule is CCCC[C@H]1C(=O)N(C)[C@@H](CCCC)C(=O)N[C@@H](CCN)C(=O)N[C@H](C(=O)NCC(N)=O)CSCC(=O)N[C@@H](Cc2ccccc2)C(=O)N(C)[C@@H](C)C(=O)N[C@@H](CC(N)=O)C(=O)N2CCC[C@H]2C(=O)N[C@@H](Cc2cnc[nH]2)C(=O)N[C@@H](CC(C)C)C(=O)N(C)CC(=O)N[C@@H](Cc2c[nH]c3ccccc23)C(=O)N[C@@H](CO)C(=O)N[C@@H](Cc2c[nH]c3ccccc23)C(=O)N1C. The number of likely N-dealkylation sites (N-methyl/N-ethyl adjacent to an activating group) is 4. The van der Waals surface area contributed by atoms with Gasteiger partial charge < -0.3 is 115 Å². The summed E-state index contributed by atoms with van der Waals surface area (Å²) in [4.78, 5) is 266. The number of nitrogens with one attached hydrogen (secondary N) is 13. The van der Waals surface area contributed by atoms with Gasteiger partial charge in [0.1, 0.15) is 78.5 Å². The molecule has 0 aliphatic carbocycles. The number of H-pyrrole nitrogens is 3. The number of aliphatic hydroxyl groups excluding tert-OH is 1. The number of para-hydroxylation sites is 2. The third-order valence-corrected chi connectivity index (χ3v) is 23.6. The maximum absolute atomic E-state index is 15.6. The van der Waals surface area contributed by atoms with Gasteiger partial charge in [-0.25, -0.2) is 4.98 Å². The molecule has 3 aromatic carbocycles. The summed E-state index contributed by atoms with van der Waals surface area (Å²) in [5, 5.41) is 38.8. The van der Waals surface area contributed by atoms with Crippen LogP contribution in [0, 0.1) is 5.92 Å². The molecule has 0 radical (unpaired) electrons. The highest BCUT2D eigenvalue weighted by atomic mass is 32.2. The van der Waals surface area contributed by atoms with Crippen molar-refractivity contribution in [2.45, 2.75) is 209 Å². The molecule has 2 aliphatic rings. The highest BCUT2D eigenvalue weighted by molar-refractivity contribution is 8.00. The fraction of sp³-hybridized carbons (Fsp3) is 0.517. The van der Waals surface area contributed by atoms with Crippen LogP contribution in [0.4, 0.5) is 0 Å². The van der Waals surface area contributed by atoms with Crippen LogP contribution in [0.3, 0.4) is 0 Å².